The molecule has 0 aromatic heterocycles. The molecule has 0 saturated heterocycles. The lowest BCUT2D eigenvalue weighted by atomic mass is 10.4. The van der Waals surface area contributed by atoms with E-state index in [2.05, 4.69) is 0 Å². The van der Waals surface area contributed by atoms with Crippen LogP contribution >= 0.6 is 0 Å². The summed E-state index contributed by atoms with van der Waals surface area (Å²) >= 11 is 0. The Morgan fingerprint density at radius 2 is 1.31 bits per heavy atom. The van der Waals surface area contributed by atoms with Gasteiger partial charge in [0.15, 0.2) is 0 Å². The SMILES string of the molecule is O=S(=O)(F)C(F)C(F)(F)C(F)(F)F. The van der Waals surface area contributed by atoms with Gasteiger partial charge in [0.1, 0.15) is 0 Å². The Balaban J connectivity index is 5.09. The molecule has 0 aromatic carbocycles. The highest BCUT2D eigenvalue weighted by Gasteiger charge is 2.67. The summed E-state index contributed by atoms with van der Waals surface area (Å²) in [5, 5.41) is 0. The smallest absolute Gasteiger partial charge is 0.220 e. The number of rotatable bonds is 2. The van der Waals surface area contributed by atoms with Gasteiger partial charge in [0, 0.05) is 0 Å². The van der Waals surface area contributed by atoms with E-state index < -0.39 is 27.8 Å². The first kappa shape index (κ1) is 12.5. The van der Waals surface area contributed by atoms with E-state index in [1.165, 1.54) is 0 Å². The molecule has 1 unspecified atom stereocenters. The second-order valence-corrected chi connectivity index (χ2v) is 3.28. The van der Waals surface area contributed by atoms with Gasteiger partial charge in [0.05, 0.1) is 0 Å². The summed E-state index contributed by atoms with van der Waals surface area (Å²) in [7, 11) is -6.58. The Morgan fingerprint density at radius 1 is 1.00 bits per heavy atom. The highest BCUT2D eigenvalue weighted by atomic mass is 32.3. The fraction of sp³-hybridized carbons (Fsp3) is 1.00. The molecule has 0 aromatic rings. The van der Waals surface area contributed by atoms with Crippen molar-refractivity contribution in [3.63, 3.8) is 0 Å². The van der Waals surface area contributed by atoms with Crippen LogP contribution in [0.2, 0.25) is 0 Å². The lowest BCUT2D eigenvalue weighted by molar-refractivity contribution is -0.292. The van der Waals surface area contributed by atoms with Crippen LogP contribution in [-0.4, -0.2) is 26.0 Å². The molecule has 1 atom stereocenters. The summed E-state index contributed by atoms with van der Waals surface area (Å²) < 4.78 is 99.0. The molecule has 0 N–H and O–H groups in total. The molecule has 13 heavy (non-hydrogen) atoms. The van der Waals surface area contributed by atoms with Crippen molar-refractivity contribution < 1.29 is 38.6 Å². The summed E-state index contributed by atoms with van der Waals surface area (Å²) in [6.45, 7) is 0. The Labute approximate surface area is 67.5 Å². The standard InChI is InChI=1S/C3HF7O2S/c4-1(13(10,11)12)2(5,6)3(7,8)9/h1H. The van der Waals surface area contributed by atoms with Gasteiger partial charge in [-0.2, -0.15) is 30.4 Å². The van der Waals surface area contributed by atoms with Gasteiger partial charge in [0.25, 0.3) is 0 Å². The van der Waals surface area contributed by atoms with Gasteiger partial charge >= 0.3 is 27.8 Å². The zero-order chi connectivity index (χ0) is 11.1. The van der Waals surface area contributed by atoms with Gasteiger partial charge in [0.2, 0.25) is 0 Å². The number of halogens is 7. The molecule has 0 amide bonds. The summed E-state index contributed by atoms with van der Waals surface area (Å²) in [4.78, 5) is 0. The molecular weight excluding hydrogens is 233 g/mol. The van der Waals surface area contributed by atoms with E-state index in [-0.39, 0.29) is 0 Å². The van der Waals surface area contributed by atoms with Crippen molar-refractivity contribution in [1.29, 1.82) is 0 Å². The van der Waals surface area contributed by atoms with Crippen LogP contribution in [0.3, 0.4) is 0 Å². The molecule has 0 radical (unpaired) electrons. The first-order valence-corrected chi connectivity index (χ1v) is 3.87. The van der Waals surface area contributed by atoms with Crippen molar-refractivity contribution >= 4 is 10.2 Å². The van der Waals surface area contributed by atoms with E-state index >= 15 is 0 Å². The third-order valence-electron chi connectivity index (χ3n) is 0.910. The van der Waals surface area contributed by atoms with Gasteiger partial charge < -0.3 is 0 Å². The minimum atomic E-state index is -6.58. The van der Waals surface area contributed by atoms with Crippen LogP contribution in [-0.2, 0) is 10.2 Å². The molecule has 0 rings (SSSR count). The molecule has 0 aliphatic rings. The molecule has 80 valence electrons. The van der Waals surface area contributed by atoms with Crippen LogP contribution in [0.5, 0.6) is 0 Å². The van der Waals surface area contributed by atoms with Gasteiger partial charge in [-0.05, 0) is 0 Å². The molecule has 0 aliphatic heterocycles. The Morgan fingerprint density at radius 3 is 1.38 bits per heavy atom. The maximum atomic E-state index is 11.8. The van der Waals surface area contributed by atoms with Crippen LogP contribution in [0.25, 0.3) is 0 Å². The third-order valence-corrected chi connectivity index (χ3v) is 1.70. The maximum Gasteiger partial charge on any atom is 0.457 e. The third kappa shape index (κ3) is 2.45. The van der Waals surface area contributed by atoms with E-state index in [1.807, 2.05) is 0 Å². The van der Waals surface area contributed by atoms with Crippen molar-refractivity contribution in [2.75, 3.05) is 0 Å². The van der Waals surface area contributed by atoms with E-state index in [1.54, 1.807) is 0 Å². The van der Waals surface area contributed by atoms with Crippen LogP contribution in [0, 0.1) is 0 Å². The first-order chi connectivity index (χ1) is 5.40. The zero-order valence-electron chi connectivity index (χ0n) is 5.45. The highest BCUT2D eigenvalue weighted by molar-refractivity contribution is 7.86. The largest absolute Gasteiger partial charge is 0.457 e. The second kappa shape index (κ2) is 3.00. The Hall–Kier alpha value is -0.540. The van der Waals surface area contributed by atoms with Crippen LogP contribution < -0.4 is 0 Å². The number of alkyl halides is 6. The predicted molar refractivity (Wildman–Crippen MR) is 25.9 cm³/mol. The molecule has 0 saturated carbocycles. The fourth-order valence-corrected chi connectivity index (χ4v) is 0.793. The molecule has 10 heteroatoms. The molecule has 2 nitrogen and oxygen atoms in total. The lowest BCUT2D eigenvalue weighted by Gasteiger charge is -2.20. The molecular formula is C3HF7O2S. The summed E-state index contributed by atoms with van der Waals surface area (Å²) in [5.74, 6) is -6.25. The lowest BCUT2D eigenvalue weighted by Crippen LogP contribution is -2.47. The normalized spacial score (nSPS) is 17.2. The van der Waals surface area contributed by atoms with Gasteiger partial charge in [-0.25, -0.2) is 4.39 Å². The van der Waals surface area contributed by atoms with E-state index in [9.17, 15) is 38.6 Å². The Kier molecular flexibility index (Phi) is 2.87. The highest BCUT2D eigenvalue weighted by Crippen LogP contribution is 2.41. The van der Waals surface area contributed by atoms with Gasteiger partial charge in [-0.15, -0.1) is 3.89 Å². The van der Waals surface area contributed by atoms with Crippen molar-refractivity contribution in [2.24, 2.45) is 0 Å². The van der Waals surface area contributed by atoms with E-state index in [4.69, 9.17) is 0 Å². The monoisotopic (exact) mass is 234 g/mol. The average molecular weight is 234 g/mol. The van der Waals surface area contributed by atoms with Crippen LogP contribution in [0.15, 0.2) is 0 Å². The number of hydrogen-bond acceptors (Lipinski definition) is 2. The van der Waals surface area contributed by atoms with Crippen molar-refractivity contribution in [2.45, 2.75) is 17.6 Å². The summed E-state index contributed by atoms with van der Waals surface area (Å²) in [5.41, 5.74) is -4.93. The predicted octanol–water partition coefficient (Wildman–Crippen LogP) is 1.78. The van der Waals surface area contributed by atoms with Crippen molar-refractivity contribution in [3.8, 4) is 0 Å². The molecule has 0 heterocycles. The van der Waals surface area contributed by atoms with Crippen LogP contribution in [0.1, 0.15) is 0 Å². The van der Waals surface area contributed by atoms with E-state index in [0.29, 0.717) is 0 Å². The molecule has 0 bridgehead atoms. The molecule has 0 fully saturated rings. The van der Waals surface area contributed by atoms with Crippen molar-refractivity contribution in [3.05, 3.63) is 0 Å². The Bertz CT molecular complexity index is 277. The fourth-order valence-electron chi connectivity index (χ4n) is 0.305. The van der Waals surface area contributed by atoms with Gasteiger partial charge in [-0.3, -0.25) is 0 Å². The van der Waals surface area contributed by atoms with E-state index in [0.717, 1.165) is 0 Å². The first-order valence-electron chi connectivity index (χ1n) is 2.43. The quantitative estimate of drug-likeness (QED) is 0.539. The molecule has 0 spiro atoms. The van der Waals surface area contributed by atoms with Crippen molar-refractivity contribution in [1.82, 2.24) is 0 Å². The topological polar surface area (TPSA) is 34.1 Å². The summed E-state index contributed by atoms with van der Waals surface area (Å²) in [6, 6.07) is 0. The minimum Gasteiger partial charge on any atom is -0.220 e. The van der Waals surface area contributed by atoms with Crippen LogP contribution in [0.4, 0.5) is 30.2 Å². The molecule has 0 aliphatic carbocycles. The number of hydrogen-bond donors (Lipinski definition) is 0. The summed E-state index contributed by atoms with van der Waals surface area (Å²) in [6.07, 6.45) is -6.45. The average Bonchev–Trinajstić information content (AvgIpc) is 1.81. The maximum absolute atomic E-state index is 11.8. The zero-order valence-corrected chi connectivity index (χ0v) is 6.26. The minimum absolute atomic E-state index is 4.93. The second-order valence-electron chi connectivity index (χ2n) is 1.91. The van der Waals surface area contributed by atoms with Gasteiger partial charge in [-0.1, -0.05) is 0 Å².